The van der Waals surface area contributed by atoms with Crippen molar-refractivity contribution in [1.82, 2.24) is 5.32 Å². The first kappa shape index (κ1) is 50.4. The number of nitrogens with one attached hydrogen (secondary N) is 3. The summed E-state index contributed by atoms with van der Waals surface area (Å²) in [6, 6.07) is 47.8. The summed E-state index contributed by atoms with van der Waals surface area (Å²) in [4.78, 5) is 49.4. The van der Waals surface area contributed by atoms with E-state index in [2.05, 4.69) is 64.3 Å². The first-order valence-electron chi connectivity index (χ1n) is 22.5. The summed E-state index contributed by atoms with van der Waals surface area (Å²) in [6.07, 6.45) is -3.45. The fourth-order valence-corrected chi connectivity index (χ4v) is 8.15. The number of anilines is 2. The second-order valence-electron chi connectivity index (χ2n) is 16.5. The molecule has 5 N–H and O–H groups in total. The Morgan fingerprint density at radius 3 is 1.79 bits per heavy atom. The van der Waals surface area contributed by atoms with Crippen molar-refractivity contribution in [3.05, 3.63) is 213 Å². The molecule has 372 valence electrons. The van der Waals surface area contributed by atoms with Gasteiger partial charge in [0.05, 0.1) is 22.6 Å². The minimum Gasteiger partial charge on any atom is -0.506 e. The number of oxime groups is 1. The number of carbonyl (C=O) groups excluding carboxylic acids is 3. The predicted molar refractivity (Wildman–Crippen MR) is 286 cm³/mol. The summed E-state index contributed by atoms with van der Waals surface area (Å²) in [5, 5.41) is 49.2. The normalized spacial score (nSPS) is 11.6. The van der Waals surface area contributed by atoms with Gasteiger partial charge in [0.15, 0.2) is 5.78 Å². The Kier molecular flexibility index (Phi) is 15.1. The fraction of sp³-hybridized carbons (Fsp3) is 0.0357. The van der Waals surface area contributed by atoms with E-state index in [1.54, 1.807) is 66.7 Å². The highest BCUT2D eigenvalue weighted by atomic mass is 127. The smallest absolute Gasteiger partial charge is 0.416 e. The molecule has 19 heteroatoms. The van der Waals surface area contributed by atoms with Gasteiger partial charge in [0, 0.05) is 36.7 Å². The highest BCUT2D eigenvalue weighted by molar-refractivity contribution is 14.1. The van der Waals surface area contributed by atoms with E-state index >= 15 is 0 Å². The van der Waals surface area contributed by atoms with E-state index in [-0.39, 0.29) is 46.5 Å². The second kappa shape index (κ2) is 22.5. The molecule has 75 heavy (non-hydrogen) atoms. The number of phenolic OH excluding ortho intramolecular Hbond substituents is 2. The van der Waals surface area contributed by atoms with Gasteiger partial charge in [-0.25, -0.2) is 10.3 Å². The topological polar surface area (TPSA) is 208 Å². The number of aromatic hydroxyl groups is 2. The van der Waals surface area contributed by atoms with Crippen LogP contribution < -0.4 is 16.1 Å². The average molecular weight is 1120 g/mol. The largest absolute Gasteiger partial charge is 0.506 e. The van der Waals surface area contributed by atoms with Gasteiger partial charge in [-0.2, -0.15) is 23.4 Å². The number of nitrogens with zero attached hydrogens (tertiary/aromatic N) is 5. The van der Waals surface area contributed by atoms with Crippen molar-refractivity contribution in [3.8, 4) is 22.6 Å². The lowest BCUT2D eigenvalue weighted by molar-refractivity contribution is -0.137. The highest BCUT2D eigenvalue weighted by Gasteiger charge is 2.30. The van der Waals surface area contributed by atoms with E-state index in [1.165, 1.54) is 30.3 Å². The first-order valence-corrected chi connectivity index (χ1v) is 23.6. The first-order chi connectivity index (χ1) is 36.2. The molecule has 9 aromatic rings. The van der Waals surface area contributed by atoms with Gasteiger partial charge in [0.1, 0.15) is 29.5 Å². The molecular weight excluding hydrogens is 1080 g/mol. The maximum absolute atomic E-state index is 13.5. The molecule has 0 spiro atoms. The minimum absolute atomic E-state index is 0.0466. The van der Waals surface area contributed by atoms with E-state index in [4.69, 9.17) is 9.68 Å². The number of carbonyl (C=O) groups is 3. The second-order valence-corrected chi connectivity index (χ2v) is 17.7. The zero-order valence-corrected chi connectivity index (χ0v) is 40.9. The highest BCUT2D eigenvalue weighted by Crippen LogP contribution is 2.39. The van der Waals surface area contributed by atoms with Crippen molar-refractivity contribution in [3.63, 3.8) is 0 Å². The van der Waals surface area contributed by atoms with Gasteiger partial charge >= 0.3 is 12.2 Å². The van der Waals surface area contributed by atoms with Crippen molar-refractivity contribution >= 4 is 102 Å². The van der Waals surface area contributed by atoms with Crippen LogP contribution in [0, 0.1) is 3.57 Å². The van der Waals surface area contributed by atoms with E-state index in [0.29, 0.717) is 38.7 Å². The summed E-state index contributed by atoms with van der Waals surface area (Å²) < 4.78 is 40.3. The number of amides is 3. The van der Waals surface area contributed by atoms with Crippen LogP contribution in [0.15, 0.2) is 208 Å². The molecule has 0 atom stereocenters. The van der Waals surface area contributed by atoms with Gasteiger partial charge in [0.2, 0.25) is 6.40 Å². The van der Waals surface area contributed by atoms with Gasteiger partial charge in [-0.1, -0.05) is 84.0 Å². The molecule has 0 heterocycles. The van der Waals surface area contributed by atoms with Crippen LogP contribution in [-0.2, 0) is 22.5 Å². The molecule has 0 saturated heterocycles. The number of imide groups is 1. The van der Waals surface area contributed by atoms with Crippen LogP contribution in [0.1, 0.15) is 37.4 Å². The fourth-order valence-electron chi connectivity index (χ4n) is 7.61. The molecule has 0 aliphatic heterocycles. The maximum atomic E-state index is 13.5. The van der Waals surface area contributed by atoms with Gasteiger partial charge in [-0.3, -0.25) is 14.9 Å². The molecule has 0 aliphatic carbocycles. The van der Waals surface area contributed by atoms with Crippen LogP contribution >= 0.6 is 22.6 Å². The third-order valence-corrected chi connectivity index (χ3v) is 12.0. The number of phenols is 2. The van der Waals surface area contributed by atoms with Crippen LogP contribution in [0.25, 0.3) is 32.7 Å². The van der Waals surface area contributed by atoms with Crippen LogP contribution in [0.2, 0.25) is 0 Å². The lowest BCUT2D eigenvalue weighted by Crippen LogP contribution is -2.34. The molecule has 0 radical (unpaired) electrons. The third kappa shape index (κ3) is 12.6. The molecule has 0 unspecified atom stereocenters. The van der Waals surface area contributed by atoms with E-state index in [1.807, 2.05) is 66.7 Å². The van der Waals surface area contributed by atoms with Crippen molar-refractivity contribution in [2.45, 2.75) is 12.8 Å². The lowest BCUT2D eigenvalue weighted by Gasteiger charge is -2.11. The zero-order valence-electron chi connectivity index (χ0n) is 38.8. The van der Waals surface area contributed by atoms with E-state index in [0.717, 1.165) is 55.9 Å². The molecule has 0 bridgehead atoms. The van der Waals surface area contributed by atoms with Crippen molar-refractivity contribution < 1.29 is 47.4 Å². The molecule has 3 amide bonds. The molecule has 9 rings (SSSR count). The van der Waals surface area contributed by atoms with E-state index in [9.17, 15) is 37.8 Å². The minimum atomic E-state index is -4.61. The summed E-state index contributed by atoms with van der Waals surface area (Å²) in [5.41, 5.74) is 7.29. The molecule has 0 aromatic heterocycles. The molecule has 15 nitrogen and oxygen atoms in total. The number of ketones is 1. The zero-order chi connectivity index (χ0) is 52.5. The van der Waals surface area contributed by atoms with Gasteiger partial charge in [-0.15, -0.1) is 10.2 Å². The number of benzene rings is 9. The van der Waals surface area contributed by atoms with Crippen LogP contribution in [-0.4, -0.2) is 34.3 Å². The number of halogens is 4. The molecule has 0 aliphatic rings. The standard InChI is InChI=1S/C56H38F3IN8O7/c57-56(58,59)41-3-1-5-45(29-41)62-55(73)63-54(72)40-16-24-48-39(28-40)18-26-50(70)52(48)67-64-43-19-12-35(13-20-43)34-8-10-36(11-9-34)53(71)37-14-21-44(22-15-37)65-66-51-47-23-7-33(27-38(47)17-25-49(51)69)31-74-61-32-75-68-46-6-2-4-42(60)30-46/h1-30,32,68-70H,31H2,(H2,62,63,72,73)/b61-32+,66-65?,67-64?. The van der Waals surface area contributed by atoms with Crippen molar-refractivity contribution in [2.75, 3.05) is 10.8 Å². The number of azo groups is 2. The monoisotopic (exact) mass is 1120 g/mol. The summed E-state index contributed by atoms with van der Waals surface area (Å²) in [5.74, 6) is -1.22. The number of alkyl halides is 3. The van der Waals surface area contributed by atoms with Crippen LogP contribution in [0.4, 0.5) is 52.1 Å². The van der Waals surface area contributed by atoms with Crippen LogP contribution in [0.5, 0.6) is 11.5 Å². The van der Waals surface area contributed by atoms with Crippen molar-refractivity contribution in [1.29, 1.82) is 0 Å². The van der Waals surface area contributed by atoms with Gasteiger partial charge < -0.3 is 25.2 Å². The Balaban J connectivity index is 0.783. The number of fused-ring (bicyclic) bond motifs is 2. The molecular formula is C56H38F3IN8O7. The number of rotatable bonds is 15. The Morgan fingerprint density at radius 1 is 0.587 bits per heavy atom. The Hall–Kier alpha value is -9.50. The average Bonchev–Trinajstić information content (AvgIpc) is 3.41. The van der Waals surface area contributed by atoms with Crippen LogP contribution in [0.3, 0.4) is 0 Å². The Labute approximate surface area is 438 Å². The quantitative estimate of drug-likeness (QED) is 0.0166. The Bertz CT molecular complexity index is 3710. The summed E-state index contributed by atoms with van der Waals surface area (Å²) in [7, 11) is 0. The molecule has 0 fully saturated rings. The van der Waals surface area contributed by atoms with E-state index < -0.39 is 23.7 Å². The maximum Gasteiger partial charge on any atom is 0.416 e. The predicted octanol–water partition coefficient (Wildman–Crippen LogP) is 15.2. The number of hydrogen-bond acceptors (Lipinski definition) is 13. The SMILES string of the molecule is O=C(NC(=O)c1ccc2c(N=Nc3ccc(-c4ccc(C(=O)c5ccc(N=Nc6c(O)ccc7cc(CO/N=C/ONc8cccc(I)c8)ccc67)cc5)cc4)cc3)c(O)ccc2c1)Nc1cccc(C(F)(F)F)c1. The van der Waals surface area contributed by atoms with Gasteiger partial charge in [-0.05, 0) is 153 Å². The number of hydrogen-bond donors (Lipinski definition) is 5. The summed E-state index contributed by atoms with van der Waals surface area (Å²) in [6.45, 7) is 0.175. The molecule has 9 aromatic carbocycles. The number of urea groups is 1. The third-order valence-electron chi connectivity index (χ3n) is 11.4. The lowest BCUT2D eigenvalue weighted by atomic mass is 9.99. The molecule has 0 saturated carbocycles. The summed E-state index contributed by atoms with van der Waals surface area (Å²) >= 11 is 2.20. The van der Waals surface area contributed by atoms with Crippen molar-refractivity contribution in [2.24, 2.45) is 25.6 Å². The Morgan fingerprint density at radius 2 is 1.15 bits per heavy atom. The van der Waals surface area contributed by atoms with Gasteiger partial charge in [0.25, 0.3) is 5.91 Å².